The van der Waals surface area contributed by atoms with Crippen molar-refractivity contribution in [2.45, 2.75) is 6.54 Å². The van der Waals surface area contributed by atoms with Gasteiger partial charge in [0.05, 0.1) is 0 Å². The molecule has 4 nitrogen and oxygen atoms in total. The molecule has 0 bridgehead atoms. The average Bonchev–Trinajstić information content (AvgIpc) is 2.67. The predicted molar refractivity (Wildman–Crippen MR) is 61.6 cm³/mol. The molecule has 0 aliphatic heterocycles. The lowest BCUT2D eigenvalue weighted by atomic mass is 10.3. The maximum atomic E-state index is 12.8. The Morgan fingerprint density at radius 2 is 2.35 bits per heavy atom. The van der Waals surface area contributed by atoms with Crippen LogP contribution in [0.5, 0.6) is 0 Å². The molecule has 0 aromatic carbocycles. The number of rotatable bonds is 3. The summed E-state index contributed by atoms with van der Waals surface area (Å²) in [6.07, 6.45) is 1.85. The van der Waals surface area contributed by atoms with Crippen molar-refractivity contribution in [3.05, 3.63) is 47.7 Å². The Labute approximate surface area is 98.3 Å². The summed E-state index contributed by atoms with van der Waals surface area (Å²) in [6.45, 7) is 0.506. The zero-order chi connectivity index (χ0) is 12.3. The van der Waals surface area contributed by atoms with E-state index in [-0.39, 0.29) is 0 Å². The molecule has 0 saturated carbocycles. The summed E-state index contributed by atoms with van der Waals surface area (Å²) in [5.41, 5.74) is 1.55. The number of nitriles is 1. The largest absolute Gasteiger partial charge is 0.366 e. The van der Waals surface area contributed by atoms with E-state index in [1.54, 1.807) is 22.8 Å². The molecular weight excluding hydrogens is 219 g/mol. The van der Waals surface area contributed by atoms with Gasteiger partial charge in [-0.25, -0.2) is 4.98 Å². The first-order valence-corrected chi connectivity index (χ1v) is 5.11. The molecule has 2 aromatic heterocycles. The fourth-order valence-electron chi connectivity index (χ4n) is 1.54. The highest BCUT2D eigenvalue weighted by Gasteiger charge is 2.02. The van der Waals surface area contributed by atoms with Crippen LogP contribution in [0.25, 0.3) is 0 Å². The molecule has 2 heterocycles. The van der Waals surface area contributed by atoms with E-state index in [9.17, 15) is 4.39 Å². The maximum absolute atomic E-state index is 12.8. The molecule has 0 unspecified atom stereocenters. The molecule has 2 rings (SSSR count). The SMILES string of the molecule is Cn1cc(CNc2cccc(F)n2)cc1C#N. The molecule has 0 aliphatic carbocycles. The highest BCUT2D eigenvalue weighted by atomic mass is 19.1. The standard InChI is InChI=1S/C12H11FN4/c1-17-8-9(5-10(17)6-14)7-15-12-4-2-3-11(13)16-12/h2-5,8H,7H2,1H3,(H,15,16). The van der Waals surface area contributed by atoms with Gasteiger partial charge < -0.3 is 9.88 Å². The Morgan fingerprint density at radius 1 is 1.53 bits per heavy atom. The third kappa shape index (κ3) is 2.61. The normalized spacial score (nSPS) is 9.94. The first-order valence-electron chi connectivity index (χ1n) is 5.11. The zero-order valence-corrected chi connectivity index (χ0v) is 9.31. The number of aromatic nitrogens is 2. The van der Waals surface area contributed by atoms with Crippen LogP contribution in [0.2, 0.25) is 0 Å². The van der Waals surface area contributed by atoms with Gasteiger partial charge in [0.1, 0.15) is 17.6 Å². The van der Waals surface area contributed by atoms with E-state index in [0.717, 1.165) is 5.56 Å². The van der Waals surface area contributed by atoms with Gasteiger partial charge in [-0.1, -0.05) is 6.07 Å². The Bertz CT molecular complexity index is 568. The Balaban J connectivity index is 2.05. The topological polar surface area (TPSA) is 53.6 Å². The second-order valence-corrected chi connectivity index (χ2v) is 3.66. The molecule has 0 saturated heterocycles. The highest BCUT2D eigenvalue weighted by molar-refractivity contribution is 5.36. The van der Waals surface area contributed by atoms with E-state index in [4.69, 9.17) is 5.26 Å². The summed E-state index contributed by atoms with van der Waals surface area (Å²) in [5.74, 6) is -0.0341. The van der Waals surface area contributed by atoms with Gasteiger partial charge in [-0.3, -0.25) is 0 Å². The molecular formula is C12H11FN4. The first kappa shape index (κ1) is 11.1. The molecule has 17 heavy (non-hydrogen) atoms. The van der Waals surface area contributed by atoms with Gasteiger partial charge in [-0.2, -0.15) is 9.65 Å². The highest BCUT2D eigenvalue weighted by Crippen LogP contribution is 2.09. The van der Waals surface area contributed by atoms with Crippen LogP contribution in [-0.4, -0.2) is 9.55 Å². The number of hydrogen-bond acceptors (Lipinski definition) is 3. The maximum Gasteiger partial charge on any atom is 0.214 e. The monoisotopic (exact) mass is 230 g/mol. The van der Waals surface area contributed by atoms with E-state index >= 15 is 0 Å². The van der Waals surface area contributed by atoms with Crippen LogP contribution in [-0.2, 0) is 13.6 Å². The quantitative estimate of drug-likeness (QED) is 0.821. The summed E-state index contributed by atoms with van der Waals surface area (Å²) < 4.78 is 14.6. The minimum atomic E-state index is -0.513. The average molecular weight is 230 g/mol. The lowest BCUT2D eigenvalue weighted by molar-refractivity contribution is 0.585. The number of hydrogen-bond donors (Lipinski definition) is 1. The fraction of sp³-hybridized carbons (Fsp3) is 0.167. The lowest BCUT2D eigenvalue weighted by Gasteiger charge is -2.03. The van der Waals surface area contributed by atoms with Gasteiger partial charge in [0.15, 0.2) is 0 Å². The molecule has 0 fully saturated rings. The third-order valence-electron chi connectivity index (χ3n) is 2.36. The van der Waals surface area contributed by atoms with Crippen molar-refractivity contribution in [1.29, 1.82) is 5.26 Å². The van der Waals surface area contributed by atoms with Crippen LogP contribution in [0.15, 0.2) is 30.5 Å². The number of aryl methyl sites for hydroxylation is 1. The lowest BCUT2D eigenvalue weighted by Crippen LogP contribution is -2.01. The minimum Gasteiger partial charge on any atom is -0.366 e. The number of nitrogens with zero attached hydrogens (tertiary/aromatic N) is 3. The number of pyridine rings is 1. The number of nitrogens with one attached hydrogen (secondary N) is 1. The van der Waals surface area contributed by atoms with E-state index < -0.39 is 5.95 Å². The number of halogens is 1. The van der Waals surface area contributed by atoms with Crippen LogP contribution in [0.1, 0.15) is 11.3 Å². The summed E-state index contributed by atoms with van der Waals surface area (Å²) in [7, 11) is 1.81. The van der Waals surface area contributed by atoms with Gasteiger partial charge in [0, 0.05) is 19.8 Å². The molecule has 0 atom stereocenters. The van der Waals surface area contributed by atoms with Crippen LogP contribution >= 0.6 is 0 Å². The second-order valence-electron chi connectivity index (χ2n) is 3.66. The summed E-state index contributed by atoms with van der Waals surface area (Å²) in [5, 5.41) is 11.8. The molecule has 0 spiro atoms. The van der Waals surface area contributed by atoms with Crippen LogP contribution in [0.4, 0.5) is 10.2 Å². The zero-order valence-electron chi connectivity index (χ0n) is 9.31. The molecule has 86 valence electrons. The summed E-state index contributed by atoms with van der Waals surface area (Å²) >= 11 is 0. The molecule has 5 heteroatoms. The third-order valence-corrected chi connectivity index (χ3v) is 2.36. The van der Waals surface area contributed by atoms with Gasteiger partial charge in [0.25, 0.3) is 0 Å². The van der Waals surface area contributed by atoms with E-state index in [1.807, 2.05) is 13.2 Å². The molecule has 1 N–H and O–H groups in total. The molecule has 2 aromatic rings. The second kappa shape index (κ2) is 4.66. The van der Waals surface area contributed by atoms with Gasteiger partial charge in [-0.05, 0) is 23.8 Å². The van der Waals surface area contributed by atoms with Gasteiger partial charge in [-0.15, -0.1) is 0 Å². The van der Waals surface area contributed by atoms with Gasteiger partial charge >= 0.3 is 0 Å². The minimum absolute atomic E-state index is 0.479. The summed E-state index contributed by atoms with van der Waals surface area (Å²) in [4.78, 5) is 3.69. The van der Waals surface area contributed by atoms with Gasteiger partial charge in [0.2, 0.25) is 5.95 Å². The number of anilines is 1. The molecule has 0 aliphatic rings. The van der Waals surface area contributed by atoms with E-state index in [1.165, 1.54) is 6.07 Å². The van der Waals surface area contributed by atoms with Crippen molar-refractivity contribution < 1.29 is 4.39 Å². The predicted octanol–water partition coefficient (Wildman–Crippen LogP) is 2.04. The van der Waals surface area contributed by atoms with E-state index in [2.05, 4.69) is 16.4 Å². The van der Waals surface area contributed by atoms with Crippen molar-refractivity contribution >= 4 is 5.82 Å². The van der Waals surface area contributed by atoms with Crippen molar-refractivity contribution in [1.82, 2.24) is 9.55 Å². The van der Waals surface area contributed by atoms with Crippen molar-refractivity contribution in [3.63, 3.8) is 0 Å². The Hall–Kier alpha value is -2.35. The van der Waals surface area contributed by atoms with Crippen LogP contribution in [0.3, 0.4) is 0 Å². The first-order chi connectivity index (χ1) is 8.19. The molecule has 0 amide bonds. The van der Waals surface area contributed by atoms with Crippen LogP contribution in [0, 0.1) is 17.3 Å². The van der Waals surface area contributed by atoms with Crippen molar-refractivity contribution in [2.24, 2.45) is 7.05 Å². The van der Waals surface area contributed by atoms with Crippen molar-refractivity contribution in [2.75, 3.05) is 5.32 Å². The van der Waals surface area contributed by atoms with Crippen LogP contribution < -0.4 is 5.32 Å². The summed E-state index contributed by atoms with van der Waals surface area (Å²) in [6, 6.07) is 8.44. The van der Waals surface area contributed by atoms with E-state index in [0.29, 0.717) is 18.1 Å². The Morgan fingerprint density at radius 3 is 3.00 bits per heavy atom. The molecule has 0 radical (unpaired) electrons. The van der Waals surface area contributed by atoms with Crippen molar-refractivity contribution in [3.8, 4) is 6.07 Å². The Kier molecular flexibility index (Phi) is 3.06. The smallest absolute Gasteiger partial charge is 0.214 e. The fourth-order valence-corrected chi connectivity index (χ4v) is 1.54.